The van der Waals surface area contributed by atoms with Gasteiger partial charge in [-0.3, -0.25) is 9.59 Å². The summed E-state index contributed by atoms with van der Waals surface area (Å²) in [5.41, 5.74) is 0. The zero-order valence-electron chi connectivity index (χ0n) is 10.4. The van der Waals surface area contributed by atoms with E-state index in [4.69, 9.17) is 4.74 Å². The molecule has 0 saturated heterocycles. The van der Waals surface area contributed by atoms with Crippen LogP contribution >= 0.6 is 0 Å². The Labute approximate surface area is 101 Å². The van der Waals surface area contributed by atoms with Crippen LogP contribution in [0.1, 0.15) is 33.6 Å². The Balaban J connectivity index is 3.87. The van der Waals surface area contributed by atoms with Crippen molar-refractivity contribution in [1.29, 1.82) is 0 Å². The molecule has 5 heteroatoms. The van der Waals surface area contributed by atoms with E-state index in [1.54, 1.807) is 13.8 Å². The molecule has 0 fully saturated rings. The fraction of sp³-hybridized carbons (Fsp3) is 0.583. The van der Waals surface area contributed by atoms with Gasteiger partial charge in [0.2, 0.25) is 0 Å². The minimum Gasteiger partial charge on any atom is -0.463 e. The second-order valence-electron chi connectivity index (χ2n) is 3.51. The maximum Gasteiger partial charge on any atom is 0.330 e. The van der Waals surface area contributed by atoms with E-state index in [-0.39, 0.29) is 30.9 Å². The lowest BCUT2D eigenvalue weighted by Crippen LogP contribution is -2.13. The minimum atomic E-state index is -0.533. The first-order valence-corrected chi connectivity index (χ1v) is 5.50. The summed E-state index contributed by atoms with van der Waals surface area (Å²) in [5, 5.41) is 0. The fourth-order valence-corrected chi connectivity index (χ4v) is 1.12. The fourth-order valence-electron chi connectivity index (χ4n) is 1.12. The Bertz CT molecular complexity index is 306. The summed E-state index contributed by atoms with van der Waals surface area (Å²) in [5.74, 6) is -1.10. The first kappa shape index (κ1) is 15.3. The van der Waals surface area contributed by atoms with E-state index in [9.17, 15) is 14.4 Å². The second kappa shape index (κ2) is 8.50. The van der Waals surface area contributed by atoms with Gasteiger partial charge in [-0.15, -0.1) is 0 Å². The quantitative estimate of drug-likeness (QED) is 0.498. The van der Waals surface area contributed by atoms with Crippen LogP contribution in [-0.2, 0) is 23.9 Å². The van der Waals surface area contributed by atoms with Crippen molar-refractivity contribution in [2.75, 3.05) is 6.61 Å². The highest BCUT2D eigenvalue weighted by molar-refractivity contribution is 5.95. The molecular formula is C12H18O5. The van der Waals surface area contributed by atoms with Gasteiger partial charge in [-0.2, -0.15) is 0 Å². The largest absolute Gasteiger partial charge is 0.463 e. The van der Waals surface area contributed by atoms with Crippen molar-refractivity contribution in [3.8, 4) is 0 Å². The zero-order valence-corrected chi connectivity index (χ0v) is 10.4. The van der Waals surface area contributed by atoms with Crippen LogP contribution in [0.25, 0.3) is 0 Å². The number of esters is 2. The lowest BCUT2D eigenvalue weighted by molar-refractivity contribution is -0.146. The van der Waals surface area contributed by atoms with E-state index in [0.29, 0.717) is 6.42 Å². The van der Waals surface area contributed by atoms with Gasteiger partial charge in [0.15, 0.2) is 5.78 Å². The molecule has 0 aliphatic carbocycles. The lowest BCUT2D eigenvalue weighted by atomic mass is 10.1. The van der Waals surface area contributed by atoms with Crippen molar-refractivity contribution in [3.63, 3.8) is 0 Å². The molecule has 96 valence electrons. The Kier molecular flexibility index (Phi) is 7.67. The molecule has 0 aromatic rings. The van der Waals surface area contributed by atoms with Gasteiger partial charge in [0.05, 0.1) is 12.7 Å². The molecule has 0 heterocycles. The van der Waals surface area contributed by atoms with Gasteiger partial charge in [-0.25, -0.2) is 4.79 Å². The monoisotopic (exact) mass is 242 g/mol. The summed E-state index contributed by atoms with van der Waals surface area (Å²) >= 11 is 0. The standard InChI is InChI=1S/C12H18O5/c1-4-16-12(15)8-7-11(14)6-5-9(2)17-10(3)13/h7-9H,4-6H2,1-3H3/b8-7+/t9-/m1/s1. The number of hydrogen-bond donors (Lipinski definition) is 0. The number of ketones is 1. The minimum absolute atomic E-state index is 0.197. The van der Waals surface area contributed by atoms with Gasteiger partial charge in [-0.05, 0) is 26.3 Å². The molecule has 0 N–H and O–H groups in total. The number of hydrogen-bond acceptors (Lipinski definition) is 5. The van der Waals surface area contributed by atoms with Gasteiger partial charge >= 0.3 is 11.9 Å². The van der Waals surface area contributed by atoms with Crippen LogP contribution in [0.4, 0.5) is 0 Å². The number of ether oxygens (including phenoxy) is 2. The molecule has 1 atom stereocenters. The van der Waals surface area contributed by atoms with Crippen LogP contribution in [0, 0.1) is 0 Å². The van der Waals surface area contributed by atoms with Crippen LogP contribution in [-0.4, -0.2) is 30.4 Å². The van der Waals surface area contributed by atoms with Gasteiger partial charge in [0.1, 0.15) is 0 Å². The Morgan fingerprint density at radius 2 is 1.88 bits per heavy atom. The molecule has 17 heavy (non-hydrogen) atoms. The van der Waals surface area contributed by atoms with Crippen molar-refractivity contribution in [2.45, 2.75) is 39.7 Å². The molecule has 0 aliphatic rings. The first-order chi connectivity index (χ1) is 7.95. The van der Waals surface area contributed by atoms with E-state index in [2.05, 4.69) is 4.74 Å². The number of rotatable bonds is 7. The third-order valence-corrected chi connectivity index (χ3v) is 1.86. The topological polar surface area (TPSA) is 69.7 Å². The van der Waals surface area contributed by atoms with Crippen molar-refractivity contribution < 1.29 is 23.9 Å². The van der Waals surface area contributed by atoms with Crippen LogP contribution in [0.3, 0.4) is 0 Å². The van der Waals surface area contributed by atoms with Crippen LogP contribution < -0.4 is 0 Å². The number of carbonyl (C=O) groups excluding carboxylic acids is 3. The van der Waals surface area contributed by atoms with Crippen LogP contribution in [0.2, 0.25) is 0 Å². The van der Waals surface area contributed by atoms with E-state index < -0.39 is 5.97 Å². The first-order valence-electron chi connectivity index (χ1n) is 5.50. The summed E-state index contributed by atoms with van der Waals surface area (Å²) in [6.45, 7) is 5.00. The molecule has 0 bridgehead atoms. The van der Waals surface area contributed by atoms with Gasteiger partial charge in [-0.1, -0.05) is 0 Å². The summed E-state index contributed by atoms with van der Waals surface area (Å²) < 4.78 is 9.48. The molecule has 0 saturated carbocycles. The Hall–Kier alpha value is -1.65. The lowest BCUT2D eigenvalue weighted by Gasteiger charge is -2.09. The Morgan fingerprint density at radius 1 is 1.24 bits per heavy atom. The van der Waals surface area contributed by atoms with Crippen molar-refractivity contribution in [2.24, 2.45) is 0 Å². The molecule has 0 amide bonds. The van der Waals surface area contributed by atoms with E-state index >= 15 is 0 Å². The SMILES string of the molecule is CCOC(=O)/C=C/C(=O)CC[C@@H](C)OC(C)=O. The van der Waals surface area contributed by atoms with E-state index in [1.807, 2.05) is 0 Å². The maximum absolute atomic E-state index is 11.3. The molecular weight excluding hydrogens is 224 g/mol. The highest BCUT2D eigenvalue weighted by Crippen LogP contribution is 2.03. The third-order valence-electron chi connectivity index (χ3n) is 1.86. The molecule has 0 radical (unpaired) electrons. The van der Waals surface area contributed by atoms with Crippen molar-refractivity contribution in [1.82, 2.24) is 0 Å². The van der Waals surface area contributed by atoms with Crippen LogP contribution in [0.15, 0.2) is 12.2 Å². The normalized spacial score (nSPS) is 12.2. The summed E-state index contributed by atoms with van der Waals surface area (Å²) in [7, 11) is 0. The summed E-state index contributed by atoms with van der Waals surface area (Å²) in [4.78, 5) is 32.8. The van der Waals surface area contributed by atoms with E-state index in [1.165, 1.54) is 13.0 Å². The van der Waals surface area contributed by atoms with Crippen molar-refractivity contribution >= 4 is 17.7 Å². The van der Waals surface area contributed by atoms with Gasteiger partial charge < -0.3 is 9.47 Å². The molecule has 0 aromatic heterocycles. The smallest absolute Gasteiger partial charge is 0.330 e. The summed E-state index contributed by atoms with van der Waals surface area (Å²) in [6, 6.07) is 0. The molecule has 0 unspecified atom stereocenters. The average molecular weight is 242 g/mol. The number of carbonyl (C=O) groups is 3. The molecule has 0 spiro atoms. The zero-order chi connectivity index (χ0) is 13.3. The van der Waals surface area contributed by atoms with E-state index in [0.717, 1.165) is 6.08 Å². The molecule has 0 aliphatic heterocycles. The molecule has 5 nitrogen and oxygen atoms in total. The molecule has 0 rings (SSSR count). The predicted octanol–water partition coefficient (Wildman–Crippen LogP) is 1.41. The van der Waals surface area contributed by atoms with Gasteiger partial charge in [0.25, 0.3) is 0 Å². The summed E-state index contributed by atoms with van der Waals surface area (Å²) in [6.07, 6.45) is 2.64. The highest BCUT2D eigenvalue weighted by atomic mass is 16.5. The number of allylic oxidation sites excluding steroid dienone is 1. The molecule has 0 aromatic carbocycles. The van der Waals surface area contributed by atoms with Crippen LogP contribution in [0.5, 0.6) is 0 Å². The average Bonchev–Trinajstić information content (AvgIpc) is 2.23. The maximum atomic E-state index is 11.3. The second-order valence-corrected chi connectivity index (χ2v) is 3.51. The van der Waals surface area contributed by atoms with Gasteiger partial charge in [0, 0.05) is 19.4 Å². The highest BCUT2D eigenvalue weighted by Gasteiger charge is 2.07. The predicted molar refractivity (Wildman–Crippen MR) is 61.2 cm³/mol. The van der Waals surface area contributed by atoms with Crippen molar-refractivity contribution in [3.05, 3.63) is 12.2 Å². The Morgan fingerprint density at radius 3 is 2.41 bits per heavy atom. The third kappa shape index (κ3) is 9.29.